The summed E-state index contributed by atoms with van der Waals surface area (Å²) in [5.41, 5.74) is 0.205. The summed E-state index contributed by atoms with van der Waals surface area (Å²) in [6.07, 6.45) is 3.30. The molecule has 0 amide bonds. The minimum absolute atomic E-state index is 0.0981. The van der Waals surface area contributed by atoms with Gasteiger partial charge in [0.15, 0.2) is 0 Å². The lowest BCUT2D eigenvalue weighted by molar-refractivity contribution is -0.0641. The molecule has 0 atom stereocenters. The Morgan fingerprint density at radius 3 is 2.65 bits per heavy atom. The van der Waals surface area contributed by atoms with Crippen LogP contribution in [0.3, 0.4) is 0 Å². The molecule has 1 saturated heterocycles. The molecule has 110 valence electrons. The highest BCUT2D eigenvalue weighted by Gasteiger charge is 2.35. The largest absolute Gasteiger partial charge is 0.388 e. The highest BCUT2D eigenvalue weighted by Crippen LogP contribution is 2.38. The first-order chi connectivity index (χ1) is 9.66. The van der Waals surface area contributed by atoms with Crippen molar-refractivity contribution in [1.29, 1.82) is 0 Å². The molecular weight excluding hydrogens is 257 g/mol. The maximum absolute atomic E-state index is 13.7. The van der Waals surface area contributed by atoms with E-state index in [1.807, 2.05) is 12.1 Å². The first-order valence-corrected chi connectivity index (χ1v) is 7.44. The zero-order valence-electron chi connectivity index (χ0n) is 11.6. The molecule has 0 aromatic heterocycles. The number of nitrogens with one attached hydrogen (secondary N) is 1. The molecule has 1 saturated carbocycles. The Labute approximate surface area is 119 Å². The Hall–Kier alpha value is -0.970. The predicted molar refractivity (Wildman–Crippen MR) is 75.2 cm³/mol. The van der Waals surface area contributed by atoms with Crippen LogP contribution in [0.4, 0.5) is 4.39 Å². The van der Waals surface area contributed by atoms with Crippen LogP contribution in [0.5, 0.6) is 0 Å². The van der Waals surface area contributed by atoms with Gasteiger partial charge in [0.05, 0.1) is 5.60 Å². The van der Waals surface area contributed by atoms with Crippen LogP contribution < -0.4 is 5.32 Å². The van der Waals surface area contributed by atoms with Crippen molar-refractivity contribution in [2.75, 3.05) is 19.8 Å². The van der Waals surface area contributed by atoms with E-state index >= 15 is 0 Å². The van der Waals surface area contributed by atoms with E-state index in [2.05, 4.69) is 5.32 Å². The Morgan fingerprint density at radius 1 is 1.25 bits per heavy atom. The molecule has 1 aliphatic carbocycles. The van der Waals surface area contributed by atoms with Crippen molar-refractivity contribution in [1.82, 2.24) is 5.32 Å². The smallest absolute Gasteiger partial charge is 0.126 e. The van der Waals surface area contributed by atoms with Gasteiger partial charge in [0, 0.05) is 38.6 Å². The third-order valence-electron chi connectivity index (χ3n) is 4.63. The molecule has 1 aliphatic heterocycles. The molecule has 0 spiro atoms. The standard InChI is InChI=1S/C16H22FNO2/c17-15-4-2-1-3-14(15)12-9-13(10-12)18-11-16(19)5-7-20-8-6-16/h1-4,12-13,18-19H,5-11H2. The quantitative estimate of drug-likeness (QED) is 0.888. The van der Waals surface area contributed by atoms with Crippen LogP contribution in [-0.2, 0) is 4.74 Å². The van der Waals surface area contributed by atoms with Gasteiger partial charge in [0.2, 0.25) is 0 Å². The summed E-state index contributed by atoms with van der Waals surface area (Å²) in [6.45, 7) is 1.90. The van der Waals surface area contributed by atoms with Crippen molar-refractivity contribution < 1.29 is 14.2 Å². The lowest BCUT2D eigenvalue weighted by Crippen LogP contribution is -2.50. The van der Waals surface area contributed by atoms with Gasteiger partial charge in [-0.15, -0.1) is 0 Å². The monoisotopic (exact) mass is 279 g/mol. The number of benzene rings is 1. The number of aliphatic hydroxyl groups is 1. The lowest BCUT2D eigenvalue weighted by Gasteiger charge is -2.40. The average Bonchev–Trinajstić information content (AvgIpc) is 2.39. The third kappa shape index (κ3) is 3.03. The molecule has 2 N–H and O–H groups in total. The first kappa shape index (κ1) is 14.0. The Bertz CT molecular complexity index is 454. The first-order valence-electron chi connectivity index (χ1n) is 7.44. The van der Waals surface area contributed by atoms with Crippen molar-refractivity contribution in [2.24, 2.45) is 0 Å². The summed E-state index contributed by atoms with van der Waals surface area (Å²) in [6, 6.07) is 7.42. The van der Waals surface area contributed by atoms with Gasteiger partial charge < -0.3 is 15.2 Å². The van der Waals surface area contributed by atoms with Crippen molar-refractivity contribution in [2.45, 2.75) is 43.2 Å². The van der Waals surface area contributed by atoms with E-state index in [0.29, 0.717) is 44.6 Å². The third-order valence-corrected chi connectivity index (χ3v) is 4.63. The van der Waals surface area contributed by atoms with E-state index in [0.717, 1.165) is 18.4 Å². The van der Waals surface area contributed by atoms with E-state index in [9.17, 15) is 9.50 Å². The van der Waals surface area contributed by atoms with Gasteiger partial charge >= 0.3 is 0 Å². The normalized spacial score (nSPS) is 28.9. The molecule has 1 aromatic rings. The molecule has 20 heavy (non-hydrogen) atoms. The summed E-state index contributed by atoms with van der Waals surface area (Å²) < 4.78 is 18.9. The molecule has 2 fully saturated rings. The van der Waals surface area contributed by atoms with Gasteiger partial charge in [-0.3, -0.25) is 0 Å². The zero-order valence-corrected chi connectivity index (χ0v) is 11.6. The maximum atomic E-state index is 13.7. The van der Waals surface area contributed by atoms with Gasteiger partial charge in [-0.2, -0.15) is 0 Å². The fraction of sp³-hybridized carbons (Fsp3) is 0.625. The van der Waals surface area contributed by atoms with Crippen LogP contribution in [-0.4, -0.2) is 36.5 Å². The number of hydrogen-bond acceptors (Lipinski definition) is 3. The fourth-order valence-electron chi connectivity index (χ4n) is 3.11. The van der Waals surface area contributed by atoms with E-state index in [1.54, 1.807) is 6.07 Å². The molecule has 0 radical (unpaired) electrons. The van der Waals surface area contributed by atoms with E-state index in [-0.39, 0.29) is 5.82 Å². The van der Waals surface area contributed by atoms with Gasteiger partial charge in [-0.1, -0.05) is 18.2 Å². The van der Waals surface area contributed by atoms with Gasteiger partial charge in [0.1, 0.15) is 5.82 Å². The van der Waals surface area contributed by atoms with Crippen LogP contribution in [0.2, 0.25) is 0 Å². The van der Waals surface area contributed by atoms with Crippen molar-refractivity contribution in [3.63, 3.8) is 0 Å². The molecule has 1 heterocycles. The number of hydrogen-bond donors (Lipinski definition) is 2. The lowest BCUT2D eigenvalue weighted by atomic mass is 9.75. The van der Waals surface area contributed by atoms with Crippen LogP contribution in [0, 0.1) is 5.82 Å². The zero-order chi connectivity index (χ0) is 14.0. The molecule has 0 unspecified atom stereocenters. The Kier molecular flexibility index (Phi) is 4.06. The predicted octanol–water partition coefficient (Wildman–Crippen LogP) is 2.20. The van der Waals surface area contributed by atoms with E-state index in [4.69, 9.17) is 4.74 Å². The van der Waals surface area contributed by atoms with Gasteiger partial charge in [0.25, 0.3) is 0 Å². The summed E-state index contributed by atoms with van der Waals surface area (Å²) in [7, 11) is 0. The Balaban J connectivity index is 1.46. The van der Waals surface area contributed by atoms with Gasteiger partial charge in [-0.25, -0.2) is 4.39 Å². The molecule has 2 aliphatic rings. The molecule has 1 aromatic carbocycles. The Morgan fingerprint density at radius 2 is 1.95 bits per heavy atom. The maximum Gasteiger partial charge on any atom is 0.126 e. The van der Waals surface area contributed by atoms with Crippen LogP contribution in [0.15, 0.2) is 24.3 Å². The topological polar surface area (TPSA) is 41.5 Å². The second-order valence-electron chi connectivity index (χ2n) is 6.10. The van der Waals surface area contributed by atoms with Crippen LogP contribution in [0.25, 0.3) is 0 Å². The molecule has 3 nitrogen and oxygen atoms in total. The number of rotatable bonds is 4. The van der Waals surface area contributed by atoms with Crippen molar-refractivity contribution in [3.05, 3.63) is 35.6 Å². The number of ether oxygens (including phenoxy) is 1. The number of halogens is 1. The van der Waals surface area contributed by atoms with E-state index < -0.39 is 5.60 Å². The summed E-state index contributed by atoms with van der Waals surface area (Å²) in [5, 5.41) is 13.8. The summed E-state index contributed by atoms with van der Waals surface area (Å²) in [4.78, 5) is 0. The molecule has 0 bridgehead atoms. The second-order valence-corrected chi connectivity index (χ2v) is 6.10. The molecule has 3 rings (SSSR count). The SMILES string of the molecule is OC1(CNC2CC(c3ccccc3F)C2)CCOCC1. The summed E-state index contributed by atoms with van der Waals surface area (Å²) >= 11 is 0. The van der Waals surface area contributed by atoms with Crippen LogP contribution in [0.1, 0.15) is 37.2 Å². The molecule has 4 heteroatoms. The minimum Gasteiger partial charge on any atom is -0.388 e. The summed E-state index contributed by atoms with van der Waals surface area (Å²) in [5.74, 6) is 0.219. The second kappa shape index (κ2) is 5.80. The van der Waals surface area contributed by atoms with Crippen LogP contribution >= 0.6 is 0 Å². The van der Waals surface area contributed by atoms with Crippen molar-refractivity contribution >= 4 is 0 Å². The van der Waals surface area contributed by atoms with Gasteiger partial charge in [-0.05, 0) is 30.4 Å². The molecular formula is C16H22FNO2. The highest BCUT2D eigenvalue weighted by atomic mass is 19.1. The fourth-order valence-corrected chi connectivity index (χ4v) is 3.11. The van der Waals surface area contributed by atoms with E-state index in [1.165, 1.54) is 6.07 Å². The minimum atomic E-state index is -0.624. The van der Waals surface area contributed by atoms with Crippen molar-refractivity contribution in [3.8, 4) is 0 Å². The average molecular weight is 279 g/mol. The highest BCUT2D eigenvalue weighted by molar-refractivity contribution is 5.24.